The molecule has 0 spiro atoms. The summed E-state index contributed by atoms with van der Waals surface area (Å²) in [4.78, 5) is 0. The number of aliphatic hydroxyl groups excluding tert-OH is 2. The Bertz CT molecular complexity index is 588. The fourth-order valence-corrected chi connectivity index (χ4v) is 6.02. The summed E-state index contributed by atoms with van der Waals surface area (Å²) >= 11 is 0. The molecule has 1 fully saturated rings. The van der Waals surface area contributed by atoms with Gasteiger partial charge < -0.3 is 15.9 Å². The molecule has 1 saturated carbocycles. The number of allylic oxidation sites excluding steroid dienone is 2. The highest BCUT2D eigenvalue weighted by atomic mass is 19.1. The van der Waals surface area contributed by atoms with Gasteiger partial charge in [0.2, 0.25) is 0 Å². The van der Waals surface area contributed by atoms with Crippen molar-refractivity contribution in [2.24, 2.45) is 28.4 Å². The van der Waals surface area contributed by atoms with Crippen LogP contribution in [0.4, 0.5) is 4.39 Å². The van der Waals surface area contributed by atoms with Crippen LogP contribution in [-0.2, 0) is 0 Å². The standard InChI is InChI=1S/C19H28FNO2/c1-18-5-3-11(22)7-10(18)8-15(23)16-12(18)4-6-19(2)13(16)9-14(20)17(19)21/h3,5,10-11,13-15,17,22-23H,4,6-9,21H2,1-2H3/t10?,11-,13-,14+,15-,17-,18-,19-/m0/s1. The maximum atomic E-state index is 14.4. The first-order chi connectivity index (χ1) is 10.8. The molecule has 4 rings (SSSR count). The monoisotopic (exact) mass is 321 g/mol. The van der Waals surface area contributed by atoms with Crippen molar-refractivity contribution in [1.29, 1.82) is 0 Å². The Morgan fingerprint density at radius 3 is 2.70 bits per heavy atom. The summed E-state index contributed by atoms with van der Waals surface area (Å²) in [5.74, 6) is 0.320. The maximum Gasteiger partial charge on any atom is 0.116 e. The molecule has 8 atom stereocenters. The van der Waals surface area contributed by atoms with Crippen LogP contribution < -0.4 is 5.73 Å². The Balaban J connectivity index is 1.83. The Labute approximate surface area is 137 Å². The summed E-state index contributed by atoms with van der Waals surface area (Å²) in [5, 5.41) is 20.8. The highest BCUT2D eigenvalue weighted by Crippen LogP contribution is 2.62. The Morgan fingerprint density at radius 2 is 1.96 bits per heavy atom. The Morgan fingerprint density at radius 1 is 1.22 bits per heavy atom. The molecular formula is C19H28FNO2. The van der Waals surface area contributed by atoms with E-state index in [1.54, 1.807) is 0 Å². The predicted octanol–water partition coefficient (Wildman–Crippen LogP) is 2.48. The van der Waals surface area contributed by atoms with Crippen LogP contribution in [0.25, 0.3) is 0 Å². The second-order valence-corrected chi connectivity index (χ2v) is 8.66. The molecule has 3 nitrogen and oxygen atoms in total. The summed E-state index contributed by atoms with van der Waals surface area (Å²) in [5.41, 5.74) is 8.23. The van der Waals surface area contributed by atoms with E-state index in [-0.39, 0.29) is 22.7 Å². The van der Waals surface area contributed by atoms with Crippen molar-refractivity contribution in [1.82, 2.24) is 0 Å². The van der Waals surface area contributed by atoms with Gasteiger partial charge in [-0.2, -0.15) is 0 Å². The molecule has 1 unspecified atom stereocenters. The van der Waals surface area contributed by atoms with Gasteiger partial charge in [0.15, 0.2) is 0 Å². The number of fused-ring (bicyclic) bond motifs is 4. The van der Waals surface area contributed by atoms with Crippen molar-refractivity contribution in [3.8, 4) is 0 Å². The minimum absolute atomic E-state index is 0.0595. The lowest BCUT2D eigenvalue weighted by atomic mass is 9.52. The molecule has 23 heavy (non-hydrogen) atoms. The first kappa shape index (κ1) is 15.8. The van der Waals surface area contributed by atoms with Gasteiger partial charge in [-0.3, -0.25) is 0 Å². The lowest BCUT2D eigenvalue weighted by Gasteiger charge is -2.53. The fraction of sp³-hybridized carbons (Fsp3) is 0.789. The molecule has 4 N–H and O–H groups in total. The molecule has 0 bridgehead atoms. The van der Waals surface area contributed by atoms with Crippen molar-refractivity contribution >= 4 is 0 Å². The molecule has 0 aromatic rings. The van der Waals surface area contributed by atoms with Gasteiger partial charge in [-0.15, -0.1) is 0 Å². The summed E-state index contributed by atoms with van der Waals surface area (Å²) in [7, 11) is 0. The third-order valence-corrected chi connectivity index (χ3v) is 7.60. The molecule has 4 aliphatic rings. The van der Waals surface area contributed by atoms with Gasteiger partial charge in [-0.05, 0) is 54.9 Å². The zero-order valence-electron chi connectivity index (χ0n) is 14.0. The zero-order chi connectivity index (χ0) is 16.6. The molecule has 0 heterocycles. The topological polar surface area (TPSA) is 66.5 Å². The van der Waals surface area contributed by atoms with E-state index in [1.165, 1.54) is 5.57 Å². The minimum Gasteiger partial charge on any atom is -0.389 e. The van der Waals surface area contributed by atoms with Crippen LogP contribution in [-0.4, -0.2) is 34.6 Å². The van der Waals surface area contributed by atoms with Crippen LogP contribution in [0, 0.1) is 22.7 Å². The number of hydrogen-bond donors (Lipinski definition) is 3. The number of hydrogen-bond acceptors (Lipinski definition) is 3. The fourth-order valence-electron chi connectivity index (χ4n) is 6.02. The van der Waals surface area contributed by atoms with Gasteiger partial charge in [0.1, 0.15) is 6.17 Å². The Hall–Kier alpha value is -0.710. The largest absolute Gasteiger partial charge is 0.389 e. The zero-order valence-corrected chi connectivity index (χ0v) is 14.0. The summed E-state index contributed by atoms with van der Waals surface area (Å²) in [6.45, 7) is 4.33. The lowest BCUT2D eigenvalue weighted by Crippen LogP contribution is -2.50. The molecule has 4 heteroatoms. The number of halogens is 1. The normalized spacial score (nSPS) is 55.4. The first-order valence-corrected chi connectivity index (χ1v) is 8.96. The van der Waals surface area contributed by atoms with E-state index in [2.05, 4.69) is 19.9 Å². The van der Waals surface area contributed by atoms with Gasteiger partial charge >= 0.3 is 0 Å². The van der Waals surface area contributed by atoms with Gasteiger partial charge in [0.05, 0.1) is 12.2 Å². The van der Waals surface area contributed by atoms with Crippen molar-refractivity contribution in [2.45, 2.75) is 70.4 Å². The molecular weight excluding hydrogens is 293 g/mol. The van der Waals surface area contributed by atoms with E-state index in [4.69, 9.17) is 5.73 Å². The smallest absolute Gasteiger partial charge is 0.116 e. The van der Waals surface area contributed by atoms with E-state index in [0.29, 0.717) is 19.3 Å². The van der Waals surface area contributed by atoms with Gasteiger partial charge in [0, 0.05) is 11.5 Å². The van der Waals surface area contributed by atoms with Gasteiger partial charge in [-0.1, -0.05) is 31.6 Å². The van der Waals surface area contributed by atoms with Crippen LogP contribution in [0.3, 0.4) is 0 Å². The SMILES string of the molecule is C[C@]12CCC3=C([C@@H](O)CC4C[C@@H](O)C=C[C@]34C)[C@@H]1C[C@@H](F)[C@@H]2N. The number of nitrogens with two attached hydrogens (primary N) is 1. The van der Waals surface area contributed by atoms with Crippen molar-refractivity contribution < 1.29 is 14.6 Å². The molecule has 0 radical (unpaired) electrons. The van der Waals surface area contributed by atoms with E-state index in [9.17, 15) is 14.6 Å². The van der Waals surface area contributed by atoms with Crippen molar-refractivity contribution in [3.05, 3.63) is 23.3 Å². The van der Waals surface area contributed by atoms with Gasteiger partial charge in [0.25, 0.3) is 0 Å². The van der Waals surface area contributed by atoms with Crippen LogP contribution in [0.1, 0.15) is 46.0 Å². The van der Waals surface area contributed by atoms with E-state index in [1.807, 2.05) is 6.08 Å². The Kier molecular flexibility index (Phi) is 3.37. The van der Waals surface area contributed by atoms with E-state index >= 15 is 0 Å². The first-order valence-electron chi connectivity index (χ1n) is 8.96. The summed E-state index contributed by atoms with van der Waals surface area (Å²) in [6.07, 6.45) is 5.72. The highest BCUT2D eigenvalue weighted by Gasteiger charge is 2.58. The van der Waals surface area contributed by atoms with Crippen molar-refractivity contribution in [2.75, 3.05) is 0 Å². The second kappa shape index (κ2) is 4.90. The van der Waals surface area contributed by atoms with Crippen LogP contribution in [0.2, 0.25) is 0 Å². The molecule has 0 amide bonds. The molecule has 128 valence electrons. The quantitative estimate of drug-likeness (QED) is 0.601. The van der Waals surface area contributed by atoms with E-state index in [0.717, 1.165) is 18.4 Å². The van der Waals surface area contributed by atoms with E-state index < -0.39 is 24.4 Å². The summed E-state index contributed by atoms with van der Waals surface area (Å²) < 4.78 is 14.4. The third-order valence-electron chi connectivity index (χ3n) is 7.60. The number of aliphatic hydroxyl groups is 2. The average molecular weight is 321 g/mol. The molecule has 0 aliphatic heterocycles. The number of rotatable bonds is 0. The number of alkyl halides is 1. The molecule has 4 aliphatic carbocycles. The average Bonchev–Trinajstić information content (AvgIpc) is 2.73. The second-order valence-electron chi connectivity index (χ2n) is 8.66. The molecule has 0 aromatic heterocycles. The predicted molar refractivity (Wildman–Crippen MR) is 87.3 cm³/mol. The third kappa shape index (κ3) is 1.98. The van der Waals surface area contributed by atoms with Crippen molar-refractivity contribution in [3.63, 3.8) is 0 Å². The molecule has 0 saturated heterocycles. The maximum absolute atomic E-state index is 14.4. The van der Waals surface area contributed by atoms with Crippen LogP contribution >= 0.6 is 0 Å². The minimum atomic E-state index is -0.974. The van der Waals surface area contributed by atoms with Crippen LogP contribution in [0.15, 0.2) is 23.3 Å². The van der Waals surface area contributed by atoms with Gasteiger partial charge in [-0.25, -0.2) is 4.39 Å². The summed E-state index contributed by atoms with van der Waals surface area (Å²) in [6, 6.07) is -0.428. The lowest BCUT2D eigenvalue weighted by molar-refractivity contribution is 0.0455. The highest BCUT2D eigenvalue weighted by molar-refractivity contribution is 5.41. The van der Waals surface area contributed by atoms with Crippen LogP contribution in [0.5, 0.6) is 0 Å². The molecule has 0 aromatic carbocycles.